The largest absolute Gasteiger partial charge is 0.372 e. The molecule has 0 amide bonds. The molecule has 1 N–H and O–H groups in total. The van der Waals surface area contributed by atoms with E-state index in [4.69, 9.17) is 5.10 Å². The lowest BCUT2D eigenvalue weighted by Gasteiger charge is -2.36. The summed E-state index contributed by atoms with van der Waals surface area (Å²) in [6.45, 7) is 9.46. The first-order valence-electron chi connectivity index (χ1n) is 14.6. The Morgan fingerprint density at radius 2 is 1.31 bits per heavy atom. The molecule has 2 saturated heterocycles. The number of piperidine rings is 1. The predicted octanol–water partition coefficient (Wildman–Crippen LogP) is 5.44. The molecular weight excluding hydrogens is 480 g/mol. The first kappa shape index (κ1) is 25.7. The van der Waals surface area contributed by atoms with E-state index in [1.54, 1.807) is 0 Å². The molecule has 0 unspecified atom stereocenters. The quantitative estimate of drug-likeness (QED) is 0.298. The third-order valence-electron chi connectivity index (χ3n) is 8.08. The van der Waals surface area contributed by atoms with Crippen molar-refractivity contribution >= 4 is 11.4 Å². The molecule has 2 fully saturated rings. The minimum atomic E-state index is 0.757. The molecule has 2 aliphatic heterocycles. The van der Waals surface area contributed by atoms with Crippen LogP contribution < -0.4 is 15.1 Å². The van der Waals surface area contributed by atoms with Gasteiger partial charge in [0.25, 0.3) is 0 Å². The highest BCUT2D eigenvalue weighted by molar-refractivity contribution is 5.70. The van der Waals surface area contributed by atoms with Crippen LogP contribution in [0.15, 0.2) is 91.1 Å². The zero-order chi connectivity index (χ0) is 26.3. The Labute approximate surface area is 232 Å². The van der Waals surface area contributed by atoms with E-state index < -0.39 is 0 Å². The van der Waals surface area contributed by atoms with Gasteiger partial charge in [-0.2, -0.15) is 5.10 Å². The van der Waals surface area contributed by atoms with Crippen molar-refractivity contribution in [3.63, 3.8) is 0 Å². The SMILES string of the molecule is c1ccc(N2CCN(CCNCc3nn(-c4ccccc4)cc3-c3cccc(N4CCCCC4)c3)CC2)cc1. The van der Waals surface area contributed by atoms with E-state index in [0.29, 0.717) is 0 Å². The summed E-state index contributed by atoms with van der Waals surface area (Å²) in [4.78, 5) is 7.59. The standard InChI is InChI=1S/C33H40N6/c1-4-12-29(13-5-1)38-23-21-36(22-24-38)20-17-34-26-33-32(27-39(35-33)30-14-6-2-7-15-30)28-11-10-16-31(25-28)37-18-8-3-9-19-37/h1-2,4-7,10-16,25,27,34H,3,8-9,17-24,26H2. The highest BCUT2D eigenvalue weighted by atomic mass is 15.3. The van der Waals surface area contributed by atoms with Crippen molar-refractivity contribution in [3.8, 4) is 16.8 Å². The van der Waals surface area contributed by atoms with Crippen LogP contribution in [0.25, 0.3) is 16.8 Å². The van der Waals surface area contributed by atoms with Crippen molar-refractivity contribution in [1.82, 2.24) is 20.0 Å². The molecule has 0 spiro atoms. The summed E-state index contributed by atoms with van der Waals surface area (Å²) in [5.74, 6) is 0. The number of anilines is 2. The van der Waals surface area contributed by atoms with Gasteiger partial charge in [-0.05, 0) is 61.2 Å². The number of rotatable bonds is 9. The van der Waals surface area contributed by atoms with Gasteiger partial charge < -0.3 is 15.1 Å². The Kier molecular flexibility index (Phi) is 8.22. The van der Waals surface area contributed by atoms with E-state index in [2.05, 4.69) is 111 Å². The summed E-state index contributed by atoms with van der Waals surface area (Å²) < 4.78 is 2.03. The molecule has 39 heavy (non-hydrogen) atoms. The number of hydrogen-bond donors (Lipinski definition) is 1. The van der Waals surface area contributed by atoms with E-state index in [-0.39, 0.29) is 0 Å². The molecule has 0 atom stereocenters. The molecule has 4 aromatic rings. The van der Waals surface area contributed by atoms with Crippen LogP contribution in [0.5, 0.6) is 0 Å². The first-order valence-corrected chi connectivity index (χ1v) is 14.6. The average molecular weight is 521 g/mol. The number of benzene rings is 3. The lowest BCUT2D eigenvalue weighted by Crippen LogP contribution is -2.48. The van der Waals surface area contributed by atoms with Crippen molar-refractivity contribution in [3.05, 3.63) is 96.8 Å². The van der Waals surface area contributed by atoms with E-state index in [0.717, 1.165) is 70.3 Å². The summed E-state index contributed by atoms with van der Waals surface area (Å²) in [7, 11) is 0. The Hall–Kier alpha value is -3.61. The van der Waals surface area contributed by atoms with E-state index in [9.17, 15) is 0 Å². The molecule has 0 bridgehead atoms. The second-order valence-corrected chi connectivity index (χ2v) is 10.7. The van der Waals surface area contributed by atoms with Crippen LogP contribution in [0, 0.1) is 0 Å². The van der Waals surface area contributed by atoms with Gasteiger partial charge >= 0.3 is 0 Å². The molecule has 6 nitrogen and oxygen atoms in total. The summed E-state index contributed by atoms with van der Waals surface area (Å²) in [6.07, 6.45) is 6.11. The normalized spacial score (nSPS) is 16.5. The van der Waals surface area contributed by atoms with Gasteiger partial charge in [-0.3, -0.25) is 4.90 Å². The monoisotopic (exact) mass is 520 g/mol. The summed E-state index contributed by atoms with van der Waals surface area (Å²) in [6, 6.07) is 30.2. The van der Waals surface area contributed by atoms with Crippen LogP contribution in [0.1, 0.15) is 25.0 Å². The number of nitrogens with one attached hydrogen (secondary N) is 1. The fourth-order valence-electron chi connectivity index (χ4n) is 5.83. The lowest BCUT2D eigenvalue weighted by molar-refractivity contribution is 0.257. The third-order valence-corrected chi connectivity index (χ3v) is 8.08. The predicted molar refractivity (Wildman–Crippen MR) is 162 cm³/mol. The van der Waals surface area contributed by atoms with Gasteiger partial charge in [0.1, 0.15) is 0 Å². The van der Waals surface area contributed by atoms with E-state index in [1.807, 2.05) is 4.68 Å². The zero-order valence-electron chi connectivity index (χ0n) is 22.9. The van der Waals surface area contributed by atoms with Crippen molar-refractivity contribution in [2.75, 3.05) is 62.2 Å². The van der Waals surface area contributed by atoms with Gasteiger partial charge in [0, 0.05) is 82.0 Å². The molecule has 6 heteroatoms. The number of aromatic nitrogens is 2. The average Bonchev–Trinajstić information content (AvgIpc) is 3.45. The topological polar surface area (TPSA) is 39.6 Å². The van der Waals surface area contributed by atoms with Crippen LogP contribution in [-0.2, 0) is 6.54 Å². The third kappa shape index (κ3) is 6.35. The fourth-order valence-corrected chi connectivity index (χ4v) is 5.83. The smallest absolute Gasteiger partial charge is 0.0845 e. The molecule has 6 rings (SSSR count). The Bertz CT molecular complexity index is 1300. The van der Waals surface area contributed by atoms with Crippen LogP contribution in [0.3, 0.4) is 0 Å². The van der Waals surface area contributed by atoms with Gasteiger partial charge in [-0.15, -0.1) is 0 Å². The first-order chi connectivity index (χ1) is 19.3. The van der Waals surface area contributed by atoms with Gasteiger partial charge in [-0.25, -0.2) is 4.68 Å². The molecule has 202 valence electrons. The summed E-state index contributed by atoms with van der Waals surface area (Å²) in [5.41, 5.74) is 7.31. The van der Waals surface area contributed by atoms with Crippen molar-refractivity contribution in [1.29, 1.82) is 0 Å². The number of hydrogen-bond acceptors (Lipinski definition) is 5. The minimum Gasteiger partial charge on any atom is -0.372 e. The van der Waals surface area contributed by atoms with Crippen LogP contribution >= 0.6 is 0 Å². The lowest BCUT2D eigenvalue weighted by atomic mass is 10.0. The Morgan fingerprint density at radius 1 is 0.641 bits per heavy atom. The molecule has 3 aromatic carbocycles. The van der Waals surface area contributed by atoms with Crippen LogP contribution in [0.2, 0.25) is 0 Å². The molecule has 0 aliphatic carbocycles. The van der Waals surface area contributed by atoms with Gasteiger partial charge in [0.05, 0.1) is 11.4 Å². The van der Waals surface area contributed by atoms with Crippen LogP contribution in [0.4, 0.5) is 11.4 Å². The van der Waals surface area contributed by atoms with E-state index in [1.165, 1.54) is 41.8 Å². The molecule has 2 aliphatic rings. The molecule has 3 heterocycles. The Balaban J connectivity index is 1.11. The number of nitrogens with zero attached hydrogens (tertiary/aromatic N) is 5. The second kappa shape index (κ2) is 12.5. The van der Waals surface area contributed by atoms with E-state index >= 15 is 0 Å². The van der Waals surface area contributed by atoms with Crippen LogP contribution in [-0.4, -0.2) is 67.0 Å². The maximum absolute atomic E-state index is 5.05. The molecule has 0 saturated carbocycles. The summed E-state index contributed by atoms with van der Waals surface area (Å²) in [5, 5.41) is 8.75. The minimum absolute atomic E-state index is 0.757. The highest BCUT2D eigenvalue weighted by Crippen LogP contribution is 2.29. The molecule has 1 aromatic heterocycles. The Morgan fingerprint density at radius 3 is 2.05 bits per heavy atom. The molecule has 0 radical (unpaired) electrons. The molecular formula is C33H40N6. The van der Waals surface area contributed by atoms with Gasteiger partial charge in [0.2, 0.25) is 0 Å². The second-order valence-electron chi connectivity index (χ2n) is 10.7. The zero-order valence-corrected chi connectivity index (χ0v) is 22.9. The van der Waals surface area contributed by atoms with Gasteiger partial charge in [-0.1, -0.05) is 48.5 Å². The maximum atomic E-state index is 5.05. The van der Waals surface area contributed by atoms with Crippen molar-refractivity contribution in [2.24, 2.45) is 0 Å². The van der Waals surface area contributed by atoms with Gasteiger partial charge in [0.15, 0.2) is 0 Å². The fraction of sp³-hybridized carbons (Fsp3) is 0.364. The number of para-hydroxylation sites is 2. The highest BCUT2D eigenvalue weighted by Gasteiger charge is 2.18. The maximum Gasteiger partial charge on any atom is 0.0845 e. The van der Waals surface area contributed by atoms with Crippen molar-refractivity contribution < 1.29 is 0 Å². The van der Waals surface area contributed by atoms with Crippen molar-refractivity contribution in [2.45, 2.75) is 25.8 Å². The number of piperazine rings is 1. The summed E-state index contributed by atoms with van der Waals surface area (Å²) >= 11 is 0.